The highest BCUT2D eigenvalue weighted by molar-refractivity contribution is 4.99. The molecule has 20 heavy (non-hydrogen) atoms. The predicted octanol–water partition coefficient (Wildman–Crippen LogP) is 4.13. The van der Waals surface area contributed by atoms with Gasteiger partial charge in [0.15, 0.2) is 0 Å². The van der Waals surface area contributed by atoms with Crippen molar-refractivity contribution < 1.29 is 4.84 Å². The summed E-state index contributed by atoms with van der Waals surface area (Å²) < 4.78 is 0. The lowest BCUT2D eigenvalue weighted by molar-refractivity contribution is -0.281. The van der Waals surface area contributed by atoms with Crippen molar-refractivity contribution in [3.63, 3.8) is 0 Å². The monoisotopic (exact) mass is 284 g/mol. The SMILES string of the molecule is CCCCCCNC1CC(C)(C)N(OCC)C(C)(C)C1. The van der Waals surface area contributed by atoms with E-state index in [4.69, 9.17) is 4.84 Å². The van der Waals surface area contributed by atoms with E-state index in [1.54, 1.807) is 0 Å². The molecule has 1 saturated heterocycles. The van der Waals surface area contributed by atoms with Gasteiger partial charge in [0.25, 0.3) is 0 Å². The Balaban J connectivity index is 2.49. The quantitative estimate of drug-likeness (QED) is 0.678. The van der Waals surface area contributed by atoms with Crippen LogP contribution in [-0.2, 0) is 4.84 Å². The minimum atomic E-state index is 0.0961. The first-order valence-corrected chi connectivity index (χ1v) is 8.50. The van der Waals surface area contributed by atoms with E-state index in [1.807, 2.05) is 0 Å². The van der Waals surface area contributed by atoms with Crippen LogP contribution in [-0.4, -0.2) is 35.3 Å². The fourth-order valence-electron chi connectivity index (χ4n) is 3.74. The number of hydrogen-bond donors (Lipinski definition) is 1. The lowest BCUT2D eigenvalue weighted by atomic mass is 9.79. The van der Waals surface area contributed by atoms with Crippen LogP contribution in [0.5, 0.6) is 0 Å². The summed E-state index contributed by atoms with van der Waals surface area (Å²) in [5, 5.41) is 6.00. The number of hydroxylamine groups is 2. The maximum Gasteiger partial charge on any atom is 0.0657 e. The van der Waals surface area contributed by atoms with Crippen LogP contribution in [0.2, 0.25) is 0 Å². The first-order valence-electron chi connectivity index (χ1n) is 8.50. The van der Waals surface area contributed by atoms with Crippen molar-refractivity contribution in [1.29, 1.82) is 0 Å². The van der Waals surface area contributed by atoms with Gasteiger partial charge in [-0.1, -0.05) is 26.2 Å². The average molecular weight is 284 g/mol. The minimum Gasteiger partial charge on any atom is -0.314 e. The molecule has 1 N–H and O–H groups in total. The van der Waals surface area contributed by atoms with Crippen LogP contribution < -0.4 is 5.32 Å². The van der Waals surface area contributed by atoms with Gasteiger partial charge in [0, 0.05) is 17.1 Å². The van der Waals surface area contributed by atoms with Gasteiger partial charge in [0.05, 0.1) is 6.61 Å². The highest BCUT2D eigenvalue weighted by atomic mass is 16.7. The van der Waals surface area contributed by atoms with Crippen molar-refractivity contribution >= 4 is 0 Å². The molecule has 1 aliphatic rings. The fraction of sp³-hybridized carbons (Fsp3) is 1.00. The van der Waals surface area contributed by atoms with Crippen LogP contribution in [0.25, 0.3) is 0 Å². The van der Waals surface area contributed by atoms with E-state index in [0.717, 1.165) is 26.0 Å². The maximum absolute atomic E-state index is 5.92. The van der Waals surface area contributed by atoms with E-state index in [1.165, 1.54) is 25.7 Å². The summed E-state index contributed by atoms with van der Waals surface area (Å²) in [6.45, 7) is 15.5. The molecule has 0 spiro atoms. The van der Waals surface area contributed by atoms with Gasteiger partial charge in [-0.3, -0.25) is 4.84 Å². The van der Waals surface area contributed by atoms with Gasteiger partial charge in [-0.15, -0.1) is 0 Å². The molecule has 0 bridgehead atoms. The number of rotatable bonds is 8. The molecule has 120 valence electrons. The zero-order valence-electron chi connectivity index (χ0n) is 14.6. The second kappa shape index (κ2) is 7.77. The molecule has 0 aliphatic carbocycles. The standard InChI is InChI=1S/C17H36N2O/c1-7-9-10-11-12-18-15-13-16(3,4)19(20-8-2)17(5,6)14-15/h15,18H,7-14H2,1-6H3. The van der Waals surface area contributed by atoms with Gasteiger partial charge in [0.2, 0.25) is 0 Å². The van der Waals surface area contributed by atoms with Crippen LogP contribution in [0.3, 0.4) is 0 Å². The number of unbranched alkanes of at least 4 members (excludes halogenated alkanes) is 3. The Labute approximate surface area is 126 Å². The van der Waals surface area contributed by atoms with Crippen molar-refractivity contribution in [3.8, 4) is 0 Å². The largest absolute Gasteiger partial charge is 0.314 e. The summed E-state index contributed by atoms with van der Waals surface area (Å²) in [4.78, 5) is 5.92. The van der Waals surface area contributed by atoms with Gasteiger partial charge >= 0.3 is 0 Å². The molecular formula is C17H36N2O. The van der Waals surface area contributed by atoms with Crippen molar-refractivity contribution in [2.45, 2.75) is 97.2 Å². The summed E-state index contributed by atoms with van der Waals surface area (Å²) in [5.74, 6) is 0. The predicted molar refractivity (Wildman–Crippen MR) is 86.8 cm³/mol. The normalized spacial score (nSPS) is 23.1. The maximum atomic E-state index is 5.92. The van der Waals surface area contributed by atoms with Gasteiger partial charge in [-0.2, -0.15) is 5.06 Å². The molecule has 0 aromatic heterocycles. The van der Waals surface area contributed by atoms with Gasteiger partial charge in [-0.05, 0) is 60.4 Å². The average Bonchev–Trinajstić information content (AvgIpc) is 2.32. The Hall–Kier alpha value is -0.120. The van der Waals surface area contributed by atoms with Gasteiger partial charge < -0.3 is 5.32 Å². The molecule has 3 heteroatoms. The van der Waals surface area contributed by atoms with Gasteiger partial charge in [0.1, 0.15) is 0 Å². The number of nitrogens with zero attached hydrogens (tertiary/aromatic N) is 1. The summed E-state index contributed by atoms with van der Waals surface area (Å²) in [5.41, 5.74) is 0.192. The molecule has 0 saturated carbocycles. The molecule has 0 aromatic rings. The number of hydrogen-bond acceptors (Lipinski definition) is 3. The highest BCUT2D eigenvalue weighted by Crippen LogP contribution is 2.38. The molecule has 3 nitrogen and oxygen atoms in total. The first-order chi connectivity index (χ1) is 9.33. The summed E-state index contributed by atoms with van der Waals surface area (Å²) in [7, 11) is 0. The summed E-state index contributed by atoms with van der Waals surface area (Å²) in [6, 6.07) is 0.610. The first kappa shape index (κ1) is 17.9. The van der Waals surface area contributed by atoms with Crippen LogP contribution in [0.1, 0.15) is 80.1 Å². The molecule has 0 unspecified atom stereocenters. The molecule has 1 fully saturated rings. The second-order valence-corrected chi connectivity index (χ2v) is 7.46. The zero-order chi connectivity index (χ0) is 15.2. The van der Waals surface area contributed by atoms with Crippen molar-refractivity contribution in [2.24, 2.45) is 0 Å². The van der Waals surface area contributed by atoms with Crippen molar-refractivity contribution in [1.82, 2.24) is 10.4 Å². The summed E-state index contributed by atoms with van der Waals surface area (Å²) >= 11 is 0. The molecule has 0 amide bonds. The van der Waals surface area contributed by atoms with Gasteiger partial charge in [-0.25, -0.2) is 0 Å². The Morgan fingerprint density at radius 2 is 1.60 bits per heavy atom. The number of piperidine rings is 1. The Kier molecular flexibility index (Phi) is 6.96. The summed E-state index contributed by atoms with van der Waals surface area (Å²) in [6.07, 6.45) is 7.65. The third kappa shape index (κ3) is 5.01. The number of nitrogens with one attached hydrogen (secondary N) is 1. The molecule has 0 aromatic carbocycles. The Morgan fingerprint density at radius 1 is 1.00 bits per heavy atom. The molecule has 1 aliphatic heterocycles. The lowest BCUT2D eigenvalue weighted by Crippen LogP contribution is -2.63. The second-order valence-electron chi connectivity index (χ2n) is 7.46. The minimum absolute atomic E-state index is 0.0961. The smallest absolute Gasteiger partial charge is 0.0657 e. The Morgan fingerprint density at radius 3 is 2.10 bits per heavy atom. The topological polar surface area (TPSA) is 24.5 Å². The molecule has 1 heterocycles. The fourth-order valence-corrected chi connectivity index (χ4v) is 3.74. The van der Waals surface area contributed by atoms with E-state index in [2.05, 4.69) is 51.9 Å². The molecule has 1 rings (SSSR count). The third-order valence-electron chi connectivity index (χ3n) is 4.31. The lowest BCUT2D eigenvalue weighted by Gasteiger charge is -2.54. The Bertz CT molecular complexity index is 258. The highest BCUT2D eigenvalue weighted by Gasteiger charge is 2.46. The molecule has 0 atom stereocenters. The molecular weight excluding hydrogens is 248 g/mol. The van der Waals surface area contributed by atoms with Crippen LogP contribution in [0.15, 0.2) is 0 Å². The van der Waals surface area contributed by atoms with E-state index in [0.29, 0.717) is 6.04 Å². The van der Waals surface area contributed by atoms with Crippen molar-refractivity contribution in [3.05, 3.63) is 0 Å². The van der Waals surface area contributed by atoms with Crippen LogP contribution in [0, 0.1) is 0 Å². The van der Waals surface area contributed by atoms with E-state index >= 15 is 0 Å². The molecule has 0 radical (unpaired) electrons. The van der Waals surface area contributed by atoms with E-state index in [-0.39, 0.29) is 11.1 Å². The van der Waals surface area contributed by atoms with Crippen LogP contribution >= 0.6 is 0 Å². The van der Waals surface area contributed by atoms with Crippen molar-refractivity contribution in [2.75, 3.05) is 13.2 Å². The third-order valence-corrected chi connectivity index (χ3v) is 4.31. The zero-order valence-corrected chi connectivity index (χ0v) is 14.6. The van der Waals surface area contributed by atoms with E-state index < -0.39 is 0 Å². The van der Waals surface area contributed by atoms with E-state index in [9.17, 15) is 0 Å². The van der Waals surface area contributed by atoms with Crippen LogP contribution in [0.4, 0.5) is 0 Å².